The molecule has 0 bridgehead atoms. The van der Waals surface area contributed by atoms with E-state index in [2.05, 4.69) is 0 Å². The summed E-state index contributed by atoms with van der Waals surface area (Å²) in [5.41, 5.74) is -11.3. The molecule has 6 rings (SSSR count). The molecule has 0 unspecified atom stereocenters. The van der Waals surface area contributed by atoms with Crippen LogP contribution >= 0.6 is 44.3 Å². The van der Waals surface area contributed by atoms with Crippen molar-refractivity contribution in [2.45, 2.75) is 12.1 Å². The van der Waals surface area contributed by atoms with Crippen molar-refractivity contribution in [3.05, 3.63) is 112 Å². The van der Waals surface area contributed by atoms with E-state index in [1.807, 2.05) is 207 Å². The van der Waals surface area contributed by atoms with Gasteiger partial charge in [0, 0.05) is 0 Å². The van der Waals surface area contributed by atoms with Gasteiger partial charge in [0.05, 0.1) is 0 Å². The molecule has 0 spiro atoms. The first-order valence-electron chi connectivity index (χ1n) is 14.2. The minimum Gasteiger partial charge on any atom is -1.00 e. The normalized spacial score (nSPS) is 15.3. The van der Waals surface area contributed by atoms with E-state index in [1.165, 1.54) is 0 Å². The van der Waals surface area contributed by atoms with Crippen molar-refractivity contribution in [2.24, 2.45) is 42.3 Å². The van der Waals surface area contributed by atoms with Crippen molar-refractivity contribution in [3.63, 3.8) is 0 Å². The van der Waals surface area contributed by atoms with E-state index in [0.717, 1.165) is 0 Å². The third kappa shape index (κ3) is 4.52. The Hall–Kier alpha value is -2.57. The average molecular weight is 790 g/mol. The molecule has 0 amide bonds. The Morgan fingerprint density at radius 1 is 0.370 bits per heavy atom. The monoisotopic (exact) mass is 786 g/mol. The number of rotatable bonds is 9. The van der Waals surface area contributed by atoms with Gasteiger partial charge in [0.1, 0.15) is 0 Å². The predicted molar refractivity (Wildman–Crippen MR) is 171 cm³/mol. The molecule has 12 nitrogen and oxygen atoms in total. The number of halogens is 6. The van der Waals surface area contributed by atoms with Crippen molar-refractivity contribution >= 4 is 55.8 Å². The van der Waals surface area contributed by atoms with Gasteiger partial charge in [-0.15, -0.1) is 0 Å². The number of hydrogen-bond acceptors (Lipinski definition) is 0. The molecule has 6 aromatic rings. The van der Waals surface area contributed by atoms with Crippen LogP contribution in [0.5, 0.6) is 0 Å². The van der Waals surface area contributed by atoms with E-state index in [1.54, 1.807) is 0 Å². The van der Waals surface area contributed by atoms with Crippen LogP contribution in [0, 0.1) is 0 Å². The number of imidazole rings is 6. The maximum atomic E-state index is 8.51. The van der Waals surface area contributed by atoms with Gasteiger partial charge < -0.3 is 24.8 Å². The van der Waals surface area contributed by atoms with E-state index in [0.29, 0.717) is 0 Å². The number of aromatic nitrogens is 12. The summed E-state index contributed by atoms with van der Waals surface area (Å²) < 4.78 is 23.2. The molecule has 20 heteroatoms. The zero-order valence-electron chi connectivity index (χ0n) is 26.4. The zero-order chi connectivity index (χ0) is 31.9. The van der Waals surface area contributed by atoms with Crippen LogP contribution in [0.4, 0.5) is 0 Å². The molecule has 6 aromatic heterocycles. The summed E-state index contributed by atoms with van der Waals surface area (Å²) in [6.07, 6.45) is 34.5. The van der Waals surface area contributed by atoms with Crippen LogP contribution in [-0.4, -0.2) is 38.9 Å². The second-order valence-corrected chi connectivity index (χ2v) is 36.0. The molecular formula is C26H40Cl6N12Si2. The Kier molecular flexibility index (Phi) is 8.25. The number of nitrogens with zero attached hydrogens (tertiary/aromatic N) is 12. The van der Waals surface area contributed by atoms with Gasteiger partial charge in [-0.3, -0.25) is 0 Å². The van der Waals surface area contributed by atoms with Gasteiger partial charge in [-0.05, 0) is 0 Å². The average Bonchev–Trinajstić information content (AvgIpc) is 3.77. The minimum atomic E-state index is -5.67. The van der Waals surface area contributed by atoms with Crippen LogP contribution in [0.25, 0.3) is 0 Å². The van der Waals surface area contributed by atoms with E-state index >= 15 is 0 Å². The Balaban J connectivity index is 0.00000240. The van der Waals surface area contributed by atoms with Crippen molar-refractivity contribution in [2.75, 3.05) is 0 Å². The molecule has 0 saturated heterocycles. The first-order chi connectivity index (χ1) is 20.4. The first kappa shape index (κ1) is 36.3. The summed E-state index contributed by atoms with van der Waals surface area (Å²) in [6.45, 7) is 0. The van der Waals surface area contributed by atoms with E-state index < -0.39 is 11.5 Å². The Morgan fingerprint density at radius 3 is 0.630 bits per heavy atom. The number of aryl methyl sites for hydroxylation is 6. The minimum absolute atomic E-state index is 0. The van der Waals surface area contributed by atoms with Gasteiger partial charge in [0.2, 0.25) is 0 Å². The smallest absolute Gasteiger partial charge is 1.00 e. The summed E-state index contributed by atoms with van der Waals surface area (Å²) in [5.74, 6) is 0. The molecule has 0 aromatic carbocycles. The standard InChI is InChI=1S/C26H40Cl4N12Si2.2ClH/c1-31-7-13-37(21-31)43(27,28,38-14-8-32(2)22-38,39-15-9-33(3)23-39)19-20-44(29,30,40-16-10-34(4)24-40,41-17-11-35(5)25-41)42-18-12-36(6)26-42;;/h7-18,21-26H,19-20H2,1-6H3;2*1H/q+2;;/p-2. The molecular weight excluding hydrogens is 749 g/mol. The first-order valence-corrected chi connectivity index (χ1v) is 24.3. The summed E-state index contributed by atoms with van der Waals surface area (Å²) >= 11 is 34.0. The maximum Gasteiger partial charge on any atom is -1.00 e. The Morgan fingerprint density at radius 2 is 0.522 bits per heavy atom. The van der Waals surface area contributed by atoms with Crippen molar-refractivity contribution in [1.82, 2.24) is 27.4 Å². The van der Waals surface area contributed by atoms with Crippen LogP contribution in [-0.2, 0) is 42.3 Å². The fourth-order valence-corrected chi connectivity index (χ4v) is 26.3. The van der Waals surface area contributed by atoms with Crippen molar-refractivity contribution in [3.8, 4) is 0 Å². The summed E-state index contributed by atoms with van der Waals surface area (Å²) in [4.78, 5) is 0. The van der Waals surface area contributed by atoms with Gasteiger partial charge in [-0.2, -0.15) is 0 Å². The van der Waals surface area contributed by atoms with Crippen LogP contribution in [0.15, 0.2) is 112 Å². The second kappa shape index (κ2) is 10.5. The van der Waals surface area contributed by atoms with Crippen molar-refractivity contribution in [1.29, 1.82) is 0 Å². The van der Waals surface area contributed by atoms with Crippen LogP contribution < -0.4 is 50.2 Å². The van der Waals surface area contributed by atoms with E-state index in [4.69, 9.17) is 44.3 Å². The molecule has 0 N–H and O–H groups in total. The molecule has 0 radical (unpaired) electrons. The molecule has 46 heavy (non-hydrogen) atoms. The quantitative estimate of drug-likeness (QED) is 0.104. The van der Waals surface area contributed by atoms with Gasteiger partial charge >= 0.3 is 275 Å². The Bertz CT molecular complexity index is 1720. The second-order valence-electron chi connectivity index (χ2n) is 12.7. The third-order valence-electron chi connectivity index (χ3n) is 9.44. The summed E-state index contributed by atoms with van der Waals surface area (Å²) in [5, 5.41) is 0. The van der Waals surface area contributed by atoms with Gasteiger partial charge in [-0.1, -0.05) is 0 Å². The molecule has 254 valence electrons. The predicted octanol–water partition coefficient (Wildman–Crippen LogP) is -5.32. The molecule has 0 saturated carbocycles. The van der Waals surface area contributed by atoms with Crippen LogP contribution in [0.1, 0.15) is 0 Å². The van der Waals surface area contributed by atoms with Crippen molar-refractivity contribution < 1.29 is 50.2 Å². The van der Waals surface area contributed by atoms with E-state index in [9.17, 15) is 0 Å². The fraction of sp³-hybridized carbons (Fsp3) is 0.308. The molecule has 0 fully saturated rings. The summed E-state index contributed by atoms with van der Waals surface area (Å²) in [6, 6.07) is 0.249. The maximum absolute atomic E-state index is 8.51. The molecule has 0 atom stereocenters. The number of hydrogen-bond donors (Lipinski definition) is 0. The van der Waals surface area contributed by atoms with Gasteiger partial charge in [0.25, 0.3) is 0 Å². The van der Waals surface area contributed by atoms with Crippen LogP contribution in [0.3, 0.4) is 0 Å². The van der Waals surface area contributed by atoms with Gasteiger partial charge in [0.15, 0.2) is 0 Å². The largest absolute Gasteiger partial charge is 1.00 e. The molecule has 0 aliphatic carbocycles. The molecule has 0 aliphatic rings. The molecule has 6 heterocycles. The Labute approximate surface area is 298 Å². The summed E-state index contributed by atoms with van der Waals surface area (Å²) in [7, 11) is 11.6. The zero-order valence-corrected chi connectivity index (χ0v) is 33.0. The third-order valence-corrected chi connectivity index (χ3v) is 30.7. The SMILES string of the molecule is Cn1cc[n+]([Si-2](Cl)(Cl)(CC[Si-2](Cl)(Cl)([n+]2ccn(C)c2)([n+]2ccn(C)c2)[n+]2ccn(C)c2)([n+]2ccn(C)c2)[n+]2ccn(C)c2)c1.[Cl-].[Cl-]. The van der Waals surface area contributed by atoms with E-state index in [-0.39, 0.29) is 36.9 Å². The van der Waals surface area contributed by atoms with Crippen LogP contribution in [0.2, 0.25) is 12.1 Å². The fourth-order valence-electron chi connectivity index (χ4n) is 6.67. The topological polar surface area (TPSA) is 52.9 Å². The van der Waals surface area contributed by atoms with Gasteiger partial charge in [-0.25, -0.2) is 0 Å². The molecule has 0 aliphatic heterocycles.